The smallest absolute Gasteiger partial charge is 0.399 e. The first-order valence-electron chi connectivity index (χ1n) is 7.23. The van der Waals surface area contributed by atoms with E-state index in [1.165, 1.54) is 0 Å². The van der Waals surface area contributed by atoms with Gasteiger partial charge in [0, 0.05) is 23.4 Å². The molecular weight excluding hydrogens is 298 g/mol. The zero-order valence-electron chi connectivity index (χ0n) is 13.1. The Bertz CT molecular complexity index is 676. The van der Waals surface area contributed by atoms with Gasteiger partial charge in [-0.05, 0) is 45.9 Å². The monoisotopic (exact) mass is 316 g/mol. The van der Waals surface area contributed by atoms with Crippen molar-refractivity contribution in [1.29, 1.82) is 0 Å². The Balaban J connectivity index is 1.98. The summed E-state index contributed by atoms with van der Waals surface area (Å²) in [5.74, 6) is 0. The van der Waals surface area contributed by atoms with Crippen molar-refractivity contribution in [2.75, 3.05) is 0 Å². The molecule has 0 bridgehead atoms. The summed E-state index contributed by atoms with van der Waals surface area (Å²) in [6, 6.07) is 7.61. The summed E-state index contributed by atoms with van der Waals surface area (Å²) in [4.78, 5) is 8.59. The average molecular weight is 317 g/mol. The lowest BCUT2D eigenvalue weighted by Crippen LogP contribution is -2.41. The van der Waals surface area contributed by atoms with Crippen LogP contribution < -0.4 is 5.46 Å². The first-order valence-corrected chi connectivity index (χ1v) is 7.60. The van der Waals surface area contributed by atoms with Crippen molar-refractivity contribution < 1.29 is 9.31 Å². The summed E-state index contributed by atoms with van der Waals surface area (Å²) < 4.78 is 12.1. The molecule has 2 aromatic rings. The Labute approximate surface area is 136 Å². The van der Waals surface area contributed by atoms with E-state index in [0.717, 1.165) is 16.7 Å². The van der Waals surface area contributed by atoms with E-state index in [1.807, 2.05) is 52.0 Å². The van der Waals surface area contributed by atoms with Gasteiger partial charge in [0.25, 0.3) is 0 Å². The van der Waals surface area contributed by atoms with E-state index >= 15 is 0 Å². The van der Waals surface area contributed by atoms with Gasteiger partial charge in [-0.3, -0.25) is 4.98 Å². The second kappa shape index (κ2) is 5.34. The minimum atomic E-state index is -0.461. The summed E-state index contributed by atoms with van der Waals surface area (Å²) in [6.07, 6.45) is 3.42. The molecule has 0 atom stereocenters. The molecule has 22 heavy (non-hydrogen) atoms. The number of halogens is 1. The van der Waals surface area contributed by atoms with Gasteiger partial charge >= 0.3 is 7.12 Å². The molecule has 114 valence electrons. The third-order valence-corrected chi connectivity index (χ3v) is 4.63. The second-order valence-electron chi connectivity index (χ2n) is 6.41. The Hall–Kier alpha value is -1.43. The van der Waals surface area contributed by atoms with Crippen LogP contribution in [0.4, 0.5) is 0 Å². The first kappa shape index (κ1) is 15.5. The molecule has 1 fully saturated rings. The van der Waals surface area contributed by atoms with Crippen LogP contribution in [0.3, 0.4) is 0 Å². The van der Waals surface area contributed by atoms with Gasteiger partial charge in [0.15, 0.2) is 0 Å². The van der Waals surface area contributed by atoms with E-state index in [4.69, 9.17) is 20.9 Å². The largest absolute Gasteiger partial charge is 0.496 e. The fourth-order valence-electron chi connectivity index (χ4n) is 2.27. The molecule has 2 aromatic heterocycles. The molecule has 0 spiro atoms. The highest BCUT2D eigenvalue weighted by Crippen LogP contribution is 2.36. The normalized spacial score (nSPS) is 19.4. The van der Waals surface area contributed by atoms with Crippen LogP contribution >= 0.6 is 11.6 Å². The fourth-order valence-corrected chi connectivity index (χ4v) is 2.47. The molecule has 3 heterocycles. The fraction of sp³-hybridized carbons (Fsp3) is 0.375. The maximum Gasteiger partial charge on any atom is 0.496 e. The molecule has 3 rings (SSSR count). The van der Waals surface area contributed by atoms with Crippen LogP contribution in [0.15, 0.2) is 36.7 Å². The van der Waals surface area contributed by atoms with E-state index in [2.05, 4.69) is 9.97 Å². The summed E-state index contributed by atoms with van der Waals surface area (Å²) in [5.41, 5.74) is 1.61. The van der Waals surface area contributed by atoms with Crippen LogP contribution in [0.1, 0.15) is 27.7 Å². The molecule has 0 aliphatic carbocycles. The second-order valence-corrected chi connectivity index (χ2v) is 6.77. The molecule has 6 heteroatoms. The van der Waals surface area contributed by atoms with E-state index in [1.54, 1.807) is 12.4 Å². The lowest BCUT2D eigenvalue weighted by Gasteiger charge is -2.32. The van der Waals surface area contributed by atoms with Crippen LogP contribution in [-0.2, 0) is 9.31 Å². The molecule has 1 aliphatic rings. The average Bonchev–Trinajstić information content (AvgIpc) is 2.69. The SMILES string of the molecule is CC1(C)OB(c2cnc(Cl)c(-c3ccccn3)c2)OC1(C)C. The molecular formula is C16H18BClN2O2. The van der Waals surface area contributed by atoms with Gasteiger partial charge in [-0.15, -0.1) is 0 Å². The predicted molar refractivity (Wildman–Crippen MR) is 88.2 cm³/mol. The zero-order valence-corrected chi connectivity index (χ0v) is 13.9. The van der Waals surface area contributed by atoms with E-state index in [9.17, 15) is 0 Å². The molecule has 4 nitrogen and oxygen atoms in total. The van der Waals surface area contributed by atoms with Crippen molar-refractivity contribution in [3.63, 3.8) is 0 Å². The van der Waals surface area contributed by atoms with Crippen LogP contribution in [0, 0.1) is 0 Å². The minimum Gasteiger partial charge on any atom is -0.399 e. The minimum absolute atomic E-state index is 0.386. The standard InChI is InChI=1S/C16H18BClN2O2/c1-15(2)16(3,4)22-17(21-15)11-9-12(14(18)20-10-11)13-7-5-6-8-19-13/h5-10H,1-4H3. The van der Waals surface area contributed by atoms with Crippen molar-refractivity contribution in [1.82, 2.24) is 9.97 Å². The van der Waals surface area contributed by atoms with Gasteiger partial charge < -0.3 is 9.31 Å². The zero-order chi connectivity index (χ0) is 16.0. The lowest BCUT2D eigenvalue weighted by atomic mass is 9.79. The number of aromatic nitrogens is 2. The summed E-state index contributed by atoms with van der Waals surface area (Å²) in [6.45, 7) is 8.10. The summed E-state index contributed by atoms with van der Waals surface area (Å²) >= 11 is 6.22. The summed E-state index contributed by atoms with van der Waals surface area (Å²) in [7, 11) is -0.461. The van der Waals surface area contributed by atoms with Crippen molar-refractivity contribution >= 4 is 24.2 Å². The van der Waals surface area contributed by atoms with Gasteiger partial charge in [-0.25, -0.2) is 4.98 Å². The highest BCUT2D eigenvalue weighted by atomic mass is 35.5. The highest BCUT2D eigenvalue weighted by Gasteiger charge is 2.51. The van der Waals surface area contributed by atoms with Gasteiger partial charge in [-0.1, -0.05) is 17.7 Å². The molecule has 0 radical (unpaired) electrons. The van der Waals surface area contributed by atoms with E-state index in [0.29, 0.717) is 5.15 Å². The van der Waals surface area contributed by atoms with Gasteiger partial charge in [-0.2, -0.15) is 0 Å². The maximum absolute atomic E-state index is 6.22. The van der Waals surface area contributed by atoms with Gasteiger partial charge in [0.05, 0.1) is 16.9 Å². The predicted octanol–water partition coefficient (Wildman–Crippen LogP) is 3.10. The topological polar surface area (TPSA) is 44.2 Å². The Morgan fingerprint density at radius 2 is 1.73 bits per heavy atom. The van der Waals surface area contributed by atoms with Gasteiger partial charge in [0.2, 0.25) is 0 Å². The van der Waals surface area contributed by atoms with Gasteiger partial charge in [0.1, 0.15) is 5.15 Å². The number of hydrogen-bond donors (Lipinski definition) is 0. The van der Waals surface area contributed by atoms with Crippen LogP contribution in [0.2, 0.25) is 5.15 Å². The highest BCUT2D eigenvalue weighted by molar-refractivity contribution is 6.62. The third kappa shape index (κ3) is 2.64. The van der Waals surface area contributed by atoms with Crippen LogP contribution in [-0.4, -0.2) is 28.3 Å². The molecule has 1 aliphatic heterocycles. The van der Waals surface area contributed by atoms with E-state index < -0.39 is 7.12 Å². The molecule has 0 saturated carbocycles. The third-order valence-electron chi connectivity index (χ3n) is 4.33. The van der Waals surface area contributed by atoms with Crippen LogP contribution in [0.5, 0.6) is 0 Å². The van der Waals surface area contributed by atoms with E-state index in [-0.39, 0.29) is 11.2 Å². The molecule has 0 N–H and O–H groups in total. The van der Waals surface area contributed by atoms with Crippen LogP contribution in [0.25, 0.3) is 11.3 Å². The Morgan fingerprint density at radius 1 is 1.05 bits per heavy atom. The lowest BCUT2D eigenvalue weighted by molar-refractivity contribution is 0.00578. The molecule has 0 unspecified atom stereocenters. The van der Waals surface area contributed by atoms with Crippen molar-refractivity contribution in [3.8, 4) is 11.3 Å². The maximum atomic E-state index is 6.22. The quantitative estimate of drug-likeness (QED) is 0.631. The number of pyridine rings is 2. The molecule has 0 amide bonds. The first-order chi connectivity index (χ1) is 10.3. The molecule has 0 aromatic carbocycles. The number of nitrogens with zero attached hydrogens (tertiary/aromatic N) is 2. The van der Waals surface area contributed by atoms with Crippen molar-refractivity contribution in [2.45, 2.75) is 38.9 Å². The number of hydrogen-bond acceptors (Lipinski definition) is 4. The Morgan fingerprint density at radius 3 is 2.32 bits per heavy atom. The Kier molecular flexibility index (Phi) is 3.75. The van der Waals surface area contributed by atoms with Crippen molar-refractivity contribution in [2.24, 2.45) is 0 Å². The summed E-state index contributed by atoms with van der Waals surface area (Å²) in [5, 5.41) is 0.416. The molecule has 1 saturated heterocycles. The van der Waals surface area contributed by atoms with Crippen molar-refractivity contribution in [3.05, 3.63) is 41.8 Å². The number of rotatable bonds is 2.